The Kier molecular flexibility index (Phi) is 10.2. The van der Waals surface area contributed by atoms with Crippen LogP contribution in [0.3, 0.4) is 0 Å². The number of rotatable bonds is 7. The maximum Gasteiger partial charge on any atom is 0.330 e. The molecular formula is C17H26FNO5S. The maximum atomic E-state index is 14.5. The van der Waals surface area contributed by atoms with E-state index in [9.17, 15) is 22.7 Å². The highest BCUT2D eigenvalue weighted by Gasteiger charge is 2.39. The molecule has 0 fully saturated rings. The minimum Gasteiger partial charge on any atom is -0.454 e. The summed E-state index contributed by atoms with van der Waals surface area (Å²) in [6.45, 7) is 9.14. The van der Waals surface area contributed by atoms with Gasteiger partial charge in [-0.05, 0) is 12.5 Å². The molecule has 0 saturated carbocycles. The number of alkyl halides is 1. The molecule has 1 aliphatic rings. The number of aliphatic hydroxyl groups excluding tert-OH is 1. The monoisotopic (exact) mass is 375 g/mol. The summed E-state index contributed by atoms with van der Waals surface area (Å²) in [4.78, 5) is 11.4. The van der Waals surface area contributed by atoms with Gasteiger partial charge in [0.1, 0.15) is 6.10 Å². The van der Waals surface area contributed by atoms with E-state index in [1.165, 1.54) is 24.3 Å². The van der Waals surface area contributed by atoms with Crippen LogP contribution in [-0.4, -0.2) is 50.2 Å². The Labute approximate surface area is 148 Å². The summed E-state index contributed by atoms with van der Waals surface area (Å²) in [7, 11) is -3.64. The Balaban J connectivity index is 0.00000277. The van der Waals surface area contributed by atoms with Crippen LogP contribution in [0.25, 0.3) is 0 Å². The first kappa shape index (κ1) is 23.2. The Morgan fingerprint density at radius 2 is 2.08 bits per heavy atom. The van der Waals surface area contributed by atoms with Gasteiger partial charge >= 0.3 is 5.97 Å². The highest BCUT2D eigenvalue weighted by atomic mass is 32.2. The van der Waals surface area contributed by atoms with Gasteiger partial charge in [0, 0.05) is 6.08 Å². The second-order valence-electron chi connectivity index (χ2n) is 4.97. The summed E-state index contributed by atoms with van der Waals surface area (Å²) < 4.78 is 44.4. The number of sulfonamides is 1. The lowest BCUT2D eigenvalue weighted by molar-refractivity contribution is -0.154. The van der Waals surface area contributed by atoms with E-state index in [-0.39, 0.29) is 5.57 Å². The Morgan fingerprint density at radius 1 is 1.48 bits per heavy atom. The topological polar surface area (TPSA) is 92.7 Å². The van der Waals surface area contributed by atoms with Crippen molar-refractivity contribution in [2.75, 3.05) is 6.26 Å². The molecule has 0 aliphatic carbocycles. The minimum atomic E-state index is -3.64. The molecule has 2 N–H and O–H groups in total. The van der Waals surface area contributed by atoms with E-state index >= 15 is 0 Å². The molecule has 0 spiro atoms. The molecule has 4 atom stereocenters. The van der Waals surface area contributed by atoms with Gasteiger partial charge in [-0.15, -0.1) is 0 Å². The largest absolute Gasteiger partial charge is 0.454 e. The standard InChI is InChI=1S/C15H20FNO5S.C2H6/c1-4-6-10(7-5-2)13(16)14(19)15-11(17-23(3,20)21)8-9-12(18)22-15;1-2/h4-9,11,13-15,17,19H,1H2,2-3H3;1-2H3/b7-5-,10-6+;. The first-order chi connectivity index (χ1) is 11.7. The van der Waals surface area contributed by atoms with Crippen LogP contribution in [0.15, 0.2) is 48.6 Å². The van der Waals surface area contributed by atoms with E-state index in [0.717, 1.165) is 12.3 Å². The second kappa shape index (κ2) is 11.0. The summed E-state index contributed by atoms with van der Waals surface area (Å²) in [5, 5.41) is 10.2. The van der Waals surface area contributed by atoms with Crippen molar-refractivity contribution < 1.29 is 27.4 Å². The van der Waals surface area contributed by atoms with Crippen LogP contribution in [0.1, 0.15) is 20.8 Å². The normalized spacial score (nSPS) is 23.4. The van der Waals surface area contributed by atoms with E-state index in [2.05, 4.69) is 11.3 Å². The lowest BCUT2D eigenvalue weighted by atomic mass is 9.95. The predicted molar refractivity (Wildman–Crippen MR) is 96.1 cm³/mol. The first-order valence-electron chi connectivity index (χ1n) is 7.83. The molecule has 0 radical (unpaired) electrons. The third kappa shape index (κ3) is 7.76. The first-order valence-corrected chi connectivity index (χ1v) is 9.72. The molecule has 25 heavy (non-hydrogen) atoms. The second-order valence-corrected chi connectivity index (χ2v) is 6.75. The lowest BCUT2D eigenvalue weighted by Gasteiger charge is -2.32. The number of carbonyl (C=O) groups excluding carboxylic acids is 1. The SMILES string of the molecule is C=C/C=C(\C=C/C)C(F)C(O)C1OC(=O)C=CC1NS(C)(=O)=O.CC. The molecule has 0 aromatic carbocycles. The minimum absolute atomic E-state index is 0.124. The zero-order valence-electron chi connectivity index (χ0n) is 14.8. The van der Waals surface area contributed by atoms with Gasteiger partial charge in [-0.1, -0.05) is 50.8 Å². The number of ether oxygens (including phenoxy) is 1. The van der Waals surface area contributed by atoms with Crippen molar-refractivity contribution in [3.05, 3.63) is 48.6 Å². The Morgan fingerprint density at radius 3 is 2.56 bits per heavy atom. The van der Waals surface area contributed by atoms with E-state index in [4.69, 9.17) is 4.74 Å². The quantitative estimate of drug-likeness (QED) is 0.523. The van der Waals surface area contributed by atoms with Crippen LogP contribution >= 0.6 is 0 Å². The number of carbonyl (C=O) groups is 1. The van der Waals surface area contributed by atoms with Crippen molar-refractivity contribution in [2.24, 2.45) is 0 Å². The number of cyclic esters (lactones) is 1. The van der Waals surface area contributed by atoms with Crippen LogP contribution in [-0.2, 0) is 19.6 Å². The van der Waals surface area contributed by atoms with Crippen molar-refractivity contribution >= 4 is 16.0 Å². The van der Waals surface area contributed by atoms with E-state index in [1.54, 1.807) is 13.0 Å². The molecular weight excluding hydrogens is 349 g/mol. The molecule has 1 rings (SSSR count). The average molecular weight is 375 g/mol. The summed E-state index contributed by atoms with van der Waals surface area (Å²) in [5.74, 6) is -0.784. The molecule has 0 aromatic rings. The van der Waals surface area contributed by atoms with E-state index in [0.29, 0.717) is 0 Å². The molecule has 0 saturated heterocycles. The number of esters is 1. The molecule has 1 heterocycles. The highest BCUT2D eigenvalue weighted by molar-refractivity contribution is 7.88. The number of hydrogen-bond acceptors (Lipinski definition) is 5. The van der Waals surface area contributed by atoms with Gasteiger partial charge in [0.15, 0.2) is 12.3 Å². The van der Waals surface area contributed by atoms with Crippen molar-refractivity contribution in [1.82, 2.24) is 4.72 Å². The summed E-state index contributed by atoms with van der Waals surface area (Å²) in [6.07, 6.45) is 3.85. The van der Waals surface area contributed by atoms with Crippen molar-refractivity contribution in [1.29, 1.82) is 0 Å². The smallest absolute Gasteiger partial charge is 0.330 e. The van der Waals surface area contributed by atoms with Gasteiger partial charge < -0.3 is 9.84 Å². The molecule has 0 amide bonds. The van der Waals surface area contributed by atoms with Gasteiger partial charge in [0.2, 0.25) is 10.0 Å². The van der Waals surface area contributed by atoms with Crippen molar-refractivity contribution in [2.45, 2.75) is 45.2 Å². The third-order valence-corrected chi connectivity index (χ3v) is 3.72. The Hall–Kier alpha value is -1.77. The molecule has 1 aliphatic heterocycles. The summed E-state index contributed by atoms with van der Waals surface area (Å²) >= 11 is 0. The molecule has 0 aromatic heterocycles. The van der Waals surface area contributed by atoms with Crippen LogP contribution in [0.4, 0.5) is 4.39 Å². The number of allylic oxidation sites excluding steroid dienone is 4. The molecule has 6 nitrogen and oxygen atoms in total. The zero-order chi connectivity index (χ0) is 19.6. The van der Waals surface area contributed by atoms with Crippen molar-refractivity contribution in [3.8, 4) is 0 Å². The Bertz CT molecular complexity index is 639. The average Bonchev–Trinajstić information content (AvgIpc) is 2.55. The van der Waals surface area contributed by atoms with Gasteiger partial charge in [0.05, 0.1) is 12.3 Å². The summed E-state index contributed by atoms with van der Waals surface area (Å²) in [5.41, 5.74) is 0.124. The van der Waals surface area contributed by atoms with Gasteiger partial charge in [-0.2, -0.15) is 0 Å². The number of hydrogen-bond donors (Lipinski definition) is 2. The molecule has 0 bridgehead atoms. The van der Waals surface area contributed by atoms with Gasteiger partial charge in [-0.3, -0.25) is 0 Å². The fourth-order valence-electron chi connectivity index (χ4n) is 2.11. The van der Waals surface area contributed by atoms with Gasteiger partial charge in [0.25, 0.3) is 0 Å². The maximum absolute atomic E-state index is 14.5. The molecule has 8 heteroatoms. The van der Waals surface area contributed by atoms with E-state index < -0.39 is 40.4 Å². The van der Waals surface area contributed by atoms with Gasteiger partial charge in [-0.25, -0.2) is 22.3 Å². The predicted octanol–water partition coefficient (Wildman–Crippen LogP) is 1.80. The third-order valence-electron chi connectivity index (χ3n) is 3.02. The number of aliphatic hydroxyl groups is 1. The number of halogens is 1. The van der Waals surface area contributed by atoms with E-state index in [1.807, 2.05) is 13.8 Å². The zero-order valence-corrected chi connectivity index (χ0v) is 15.7. The van der Waals surface area contributed by atoms with Crippen LogP contribution < -0.4 is 4.72 Å². The number of nitrogens with one attached hydrogen (secondary N) is 1. The fraction of sp³-hybridized carbons (Fsp3) is 0.471. The fourth-order valence-corrected chi connectivity index (χ4v) is 2.81. The van der Waals surface area contributed by atoms with Crippen LogP contribution in [0, 0.1) is 0 Å². The molecule has 142 valence electrons. The lowest BCUT2D eigenvalue weighted by Crippen LogP contribution is -2.53. The summed E-state index contributed by atoms with van der Waals surface area (Å²) in [6, 6.07) is -1.06. The van der Waals surface area contributed by atoms with Crippen molar-refractivity contribution in [3.63, 3.8) is 0 Å². The van der Waals surface area contributed by atoms with Crippen LogP contribution in [0.5, 0.6) is 0 Å². The van der Waals surface area contributed by atoms with Crippen LogP contribution in [0.2, 0.25) is 0 Å². The molecule has 4 unspecified atom stereocenters. The highest BCUT2D eigenvalue weighted by Crippen LogP contribution is 2.22.